The van der Waals surface area contributed by atoms with E-state index < -0.39 is 0 Å². The molecule has 3 rings (SSSR count). The normalized spacial score (nSPS) is 11.5. The number of carbonyl (C=O) groups excluding carboxylic acids is 1. The van der Waals surface area contributed by atoms with Gasteiger partial charge in [0.05, 0.1) is 12.8 Å². The Morgan fingerprint density at radius 2 is 1.79 bits per heavy atom. The van der Waals surface area contributed by atoms with Gasteiger partial charge in [-0.05, 0) is 55.8 Å². The zero-order valence-electron chi connectivity index (χ0n) is 16.2. The Hall–Kier alpha value is -3.41. The second-order valence-electron chi connectivity index (χ2n) is 6.40. The van der Waals surface area contributed by atoms with Crippen molar-refractivity contribution < 1.29 is 14.3 Å². The Balaban J connectivity index is 1.72. The highest BCUT2D eigenvalue weighted by Crippen LogP contribution is 2.24. The summed E-state index contributed by atoms with van der Waals surface area (Å²) in [4.78, 5) is 12.3. The standard InChI is InChI=1S/C22H23N3O3/c1-4-15(2)23-22(26)17-7-5-6-16(14-17)20-12-13-21(25-24-20)28-19-10-8-18(27-3)9-11-19/h5-15H,4H2,1-3H3,(H,23,26)/t15-/m0/s1. The average Bonchev–Trinajstić information content (AvgIpc) is 2.74. The maximum Gasteiger partial charge on any atom is 0.251 e. The van der Waals surface area contributed by atoms with Crippen LogP contribution in [-0.2, 0) is 0 Å². The molecule has 0 radical (unpaired) electrons. The molecule has 6 heteroatoms. The Kier molecular flexibility index (Phi) is 6.22. The summed E-state index contributed by atoms with van der Waals surface area (Å²) in [6.45, 7) is 4.02. The maximum absolute atomic E-state index is 12.3. The molecular formula is C22H23N3O3. The van der Waals surface area contributed by atoms with Gasteiger partial charge in [0.15, 0.2) is 0 Å². The first-order valence-corrected chi connectivity index (χ1v) is 9.16. The van der Waals surface area contributed by atoms with Crippen molar-refractivity contribution in [3.63, 3.8) is 0 Å². The third kappa shape index (κ3) is 4.85. The second-order valence-corrected chi connectivity index (χ2v) is 6.40. The van der Waals surface area contributed by atoms with Crippen molar-refractivity contribution in [1.82, 2.24) is 15.5 Å². The van der Waals surface area contributed by atoms with Gasteiger partial charge in [-0.25, -0.2) is 0 Å². The number of aromatic nitrogens is 2. The van der Waals surface area contributed by atoms with Gasteiger partial charge in [-0.2, -0.15) is 0 Å². The molecule has 1 N–H and O–H groups in total. The summed E-state index contributed by atoms with van der Waals surface area (Å²) < 4.78 is 10.8. The molecule has 0 fully saturated rings. The molecular weight excluding hydrogens is 354 g/mol. The lowest BCUT2D eigenvalue weighted by Crippen LogP contribution is -2.31. The topological polar surface area (TPSA) is 73.3 Å². The van der Waals surface area contributed by atoms with Crippen LogP contribution in [0.3, 0.4) is 0 Å². The number of hydrogen-bond acceptors (Lipinski definition) is 5. The van der Waals surface area contributed by atoms with Gasteiger partial charge in [-0.15, -0.1) is 10.2 Å². The van der Waals surface area contributed by atoms with E-state index in [-0.39, 0.29) is 11.9 Å². The zero-order chi connectivity index (χ0) is 19.9. The smallest absolute Gasteiger partial charge is 0.251 e. The second kappa shape index (κ2) is 8.99. The highest BCUT2D eigenvalue weighted by atomic mass is 16.5. The molecule has 1 aromatic heterocycles. The van der Waals surface area contributed by atoms with Gasteiger partial charge in [-0.3, -0.25) is 4.79 Å². The Morgan fingerprint density at radius 1 is 1.04 bits per heavy atom. The largest absolute Gasteiger partial charge is 0.497 e. The number of rotatable bonds is 7. The van der Waals surface area contributed by atoms with Crippen molar-refractivity contribution in [3.8, 4) is 28.6 Å². The van der Waals surface area contributed by atoms with Crippen molar-refractivity contribution >= 4 is 5.91 Å². The number of benzene rings is 2. The van der Waals surface area contributed by atoms with Crippen molar-refractivity contribution in [2.75, 3.05) is 7.11 Å². The molecule has 3 aromatic rings. The van der Waals surface area contributed by atoms with E-state index in [1.54, 1.807) is 31.4 Å². The summed E-state index contributed by atoms with van der Waals surface area (Å²) in [7, 11) is 1.61. The molecule has 144 valence electrons. The molecule has 2 aromatic carbocycles. The Morgan fingerprint density at radius 3 is 2.43 bits per heavy atom. The van der Waals surface area contributed by atoms with Crippen LogP contribution >= 0.6 is 0 Å². The number of carbonyl (C=O) groups is 1. The minimum Gasteiger partial charge on any atom is -0.497 e. The van der Waals surface area contributed by atoms with Gasteiger partial charge in [0.2, 0.25) is 5.88 Å². The molecule has 0 aliphatic carbocycles. The van der Waals surface area contributed by atoms with Crippen molar-refractivity contribution in [2.24, 2.45) is 0 Å². The number of amides is 1. The molecule has 28 heavy (non-hydrogen) atoms. The fourth-order valence-corrected chi connectivity index (χ4v) is 2.52. The average molecular weight is 377 g/mol. The maximum atomic E-state index is 12.3. The van der Waals surface area contributed by atoms with E-state index in [0.717, 1.165) is 17.7 Å². The molecule has 0 saturated carbocycles. The van der Waals surface area contributed by atoms with Crippen molar-refractivity contribution in [2.45, 2.75) is 26.3 Å². The summed E-state index contributed by atoms with van der Waals surface area (Å²) in [5.41, 5.74) is 2.08. The van der Waals surface area contributed by atoms with Gasteiger partial charge in [-0.1, -0.05) is 19.1 Å². The Bertz CT molecular complexity index is 925. The van der Waals surface area contributed by atoms with Crippen molar-refractivity contribution in [3.05, 3.63) is 66.2 Å². The fraction of sp³-hybridized carbons (Fsp3) is 0.227. The highest BCUT2D eigenvalue weighted by Gasteiger charge is 2.10. The van der Waals surface area contributed by atoms with Gasteiger partial charge in [0.25, 0.3) is 5.91 Å². The van der Waals surface area contributed by atoms with E-state index in [9.17, 15) is 4.79 Å². The predicted molar refractivity (Wildman–Crippen MR) is 108 cm³/mol. The minimum atomic E-state index is -0.0939. The summed E-state index contributed by atoms with van der Waals surface area (Å²) in [5, 5.41) is 11.3. The molecule has 0 aliphatic heterocycles. The van der Waals surface area contributed by atoms with Crippen LogP contribution in [0.1, 0.15) is 30.6 Å². The van der Waals surface area contributed by atoms with Gasteiger partial charge < -0.3 is 14.8 Å². The number of nitrogens with zero attached hydrogens (tertiary/aromatic N) is 2. The van der Waals surface area contributed by atoms with E-state index in [4.69, 9.17) is 9.47 Å². The van der Waals surface area contributed by atoms with E-state index in [2.05, 4.69) is 15.5 Å². The highest BCUT2D eigenvalue weighted by molar-refractivity contribution is 5.95. The lowest BCUT2D eigenvalue weighted by molar-refractivity contribution is 0.0939. The third-order valence-electron chi connectivity index (χ3n) is 4.33. The van der Waals surface area contributed by atoms with Crippen LogP contribution in [0.25, 0.3) is 11.3 Å². The van der Waals surface area contributed by atoms with E-state index in [1.807, 2.05) is 50.2 Å². The van der Waals surface area contributed by atoms with Crippen LogP contribution < -0.4 is 14.8 Å². The summed E-state index contributed by atoms with van der Waals surface area (Å²) in [6.07, 6.45) is 0.882. The van der Waals surface area contributed by atoms with Crippen LogP contribution in [0, 0.1) is 0 Å². The quantitative estimate of drug-likeness (QED) is 0.657. The van der Waals surface area contributed by atoms with Gasteiger partial charge in [0, 0.05) is 23.2 Å². The molecule has 1 atom stereocenters. The fourth-order valence-electron chi connectivity index (χ4n) is 2.52. The number of methoxy groups -OCH3 is 1. The lowest BCUT2D eigenvalue weighted by atomic mass is 10.1. The van der Waals surface area contributed by atoms with Crippen LogP contribution in [0.2, 0.25) is 0 Å². The first-order valence-electron chi connectivity index (χ1n) is 9.16. The van der Waals surface area contributed by atoms with E-state index in [0.29, 0.717) is 22.9 Å². The summed E-state index contributed by atoms with van der Waals surface area (Å²) in [5.74, 6) is 1.70. The first-order chi connectivity index (χ1) is 13.6. The monoisotopic (exact) mass is 377 g/mol. The van der Waals surface area contributed by atoms with Crippen LogP contribution in [0.4, 0.5) is 0 Å². The minimum absolute atomic E-state index is 0.0939. The zero-order valence-corrected chi connectivity index (χ0v) is 16.2. The molecule has 0 aliphatic rings. The number of ether oxygens (including phenoxy) is 2. The van der Waals surface area contributed by atoms with Gasteiger partial charge >= 0.3 is 0 Å². The molecule has 0 unspecified atom stereocenters. The molecule has 0 spiro atoms. The molecule has 6 nitrogen and oxygen atoms in total. The first kappa shape index (κ1) is 19.4. The number of nitrogens with one attached hydrogen (secondary N) is 1. The van der Waals surface area contributed by atoms with Gasteiger partial charge in [0.1, 0.15) is 11.5 Å². The summed E-state index contributed by atoms with van der Waals surface area (Å²) in [6, 6.07) is 18.3. The molecule has 0 bridgehead atoms. The van der Waals surface area contributed by atoms with E-state index in [1.165, 1.54) is 0 Å². The van der Waals surface area contributed by atoms with Crippen molar-refractivity contribution in [1.29, 1.82) is 0 Å². The van der Waals surface area contributed by atoms with Crippen LogP contribution in [0.5, 0.6) is 17.4 Å². The van der Waals surface area contributed by atoms with Crippen LogP contribution in [0.15, 0.2) is 60.7 Å². The molecule has 0 saturated heterocycles. The third-order valence-corrected chi connectivity index (χ3v) is 4.33. The Labute approximate surface area is 164 Å². The number of hydrogen-bond donors (Lipinski definition) is 1. The lowest BCUT2D eigenvalue weighted by Gasteiger charge is -2.12. The SMILES string of the molecule is CC[C@H](C)NC(=O)c1cccc(-c2ccc(Oc3ccc(OC)cc3)nn2)c1. The van der Waals surface area contributed by atoms with E-state index >= 15 is 0 Å². The molecule has 1 amide bonds. The summed E-state index contributed by atoms with van der Waals surface area (Å²) >= 11 is 0. The molecule has 1 heterocycles. The predicted octanol–water partition coefficient (Wildman–Crippen LogP) is 4.47. The van der Waals surface area contributed by atoms with Crippen LogP contribution in [-0.4, -0.2) is 29.3 Å².